The molecule has 0 N–H and O–H groups in total. The Morgan fingerprint density at radius 1 is 1.40 bits per heavy atom. The van der Waals surface area contributed by atoms with E-state index in [1.54, 1.807) is 0 Å². The number of likely N-dealkylation sites (tertiary alicyclic amines) is 1. The third kappa shape index (κ3) is 4.80. The number of nitrogens with zero attached hydrogens (tertiary/aromatic N) is 1. The van der Waals surface area contributed by atoms with E-state index in [1.165, 1.54) is 5.56 Å². The highest BCUT2D eigenvalue weighted by atomic mass is 35.5. The van der Waals surface area contributed by atoms with Gasteiger partial charge in [0.2, 0.25) is 0 Å². The fraction of sp³-hybridized carbons (Fsp3) is 0.562. The third-order valence-electron chi connectivity index (χ3n) is 3.51. The van der Waals surface area contributed by atoms with E-state index in [9.17, 15) is 4.79 Å². The van der Waals surface area contributed by atoms with Crippen molar-refractivity contribution in [3.63, 3.8) is 0 Å². The van der Waals surface area contributed by atoms with Crippen LogP contribution in [-0.2, 0) is 16.1 Å². The van der Waals surface area contributed by atoms with E-state index in [0.717, 1.165) is 31.1 Å². The van der Waals surface area contributed by atoms with Crippen molar-refractivity contribution in [1.82, 2.24) is 4.90 Å². The number of hydrogen-bond donors (Lipinski definition) is 0. The van der Waals surface area contributed by atoms with Crippen LogP contribution in [0.25, 0.3) is 0 Å². The van der Waals surface area contributed by atoms with Crippen molar-refractivity contribution >= 4 is 17.6 Å². The van der Waals surface area contributed by atoms with E-state index < -0.39 is 0 Å². The molecule has 110 valence electrons. The minimum Gasteiger partial charge on any atom is -0.463 e. The Bertz CT molecular complexity index is 444. The maximum Gasteiger partial charge on any atom is 0.306 e. The van der Waals surface area contributed by atoms with Gasteiger partial charge in [-0.05, 0) is 50.4 Å². The molecule has 4 heteroatoms. The zero-order chi connectivity index (χ0) is 14.5. The number of carbonyl (C=O) groups excluding carboxylic acids is 1. The van der Waals surface area contributed by atoms with Crippen molar-refractivity contribution in [3.8, 4) is 0 Å². The monoisotopic (exact) mass is 295 g/mol. The summed E-state index contributed by atoms with van der Waals surface area (Å²) in [6, 6.07) is 7.96. The molecule has 1 heterocycles. The summed E-state index contributed by atoms with van der Waals surface area (Å²) in [6.45, 7) is 6.71. The van der Waals surface area contributed by atoms with Gasteiger partial charge in [-0.2, -0.15) is 0 Å². The first-order chi connectivity index (χ1) is 9.52. The summed E-state index contributed by atoms with van der Waals surface area (Å²) < 4.78 is 5.21. The van der Waals surface area contributed by atoms with Crippen molar-refractivity contribution in [2.75, 3.05) is 13.1 Å². The van der Waals surface area contributed by atoms with Gasteiger partial charge in [-0.15, -0.1) is 0 Å². The first-order valence-electron chi connectivity index (χ1n) is 7.19. The lowest BCUT2D eigenvalue weighted by Gasteiger charge is -2.16. The summed E-state index contributed by atoms with van der Waals surface area (Å²) in [5.41, 5.74) is 1.26. The van der Waals surface area contributed by atoms with E-state index in [-0.39, 0.29) is 12.1 Å². The molecule has 1 unspecified atom stereocenters. The number of hydrogen-bond acceptors (Lipinski definition) is 3. The molecule has 1 fully saturated rings. The quantitative estimate of drug-likeness (QED) is 0.779. The van der Waals surface area contributed by atoms with Gasteiger partial charge in [0.05, 0.1) is 6.10 Å². The molecule has 0 spiro atoms. The fourth-order valence-electron chi connectivity index (χ4n) is 2.62. The van der Waals surface area contributed by atoms with Gasteiger partial charge in [0.1, 0.15) is 0 Å². The molecule has 1 atom stereocenters. The highest BCUT2D eigenvalue weighted by molar-refractivity contribution is 6.30. The van der Waals surface area contributed by atoms with Gasteiger partial charge in [-0.25, -0.2) is 0 Å². The van der Waals surface area contributed by atoms with E-state index >= 15 is 0 Å². The lowest BCUT2D eigenvalue weighted by Crippen LogP contribution is -2.21. The van der Waals surface area contributed by atoms with Crippen molar-refractivity contribution in [1.29, 1.82) is 0 Å². The van der Waals surface area contributed by atoms with Gasteiger partial charge in [-0.3, -0.25) is 9.69 Å². The van der Waals surface area contributed by atoms with Gasteiger partial charge in [0.15, 0.2) is 0 Å². The summed E-state index contributed by atoms with van der Waals surface area (Å²) >= 11 is 5.89. The molecule has 0 aromatic heterocycles. The zero-order valence-electron chi connectivity index (χ0n) is 12.1. The number of esters is 1. The lowest BCUT2D eigenvalue weighted by atomic mass is 10.1. The van der Waals surface area contributed by atoms with Gasteiger partial charge >= 0.3 is 5.97 Å². The number of benzene rings is 1. The van der Waals surface area contributed by atoms with Gasteiger partial charge < -0.3 is 4.74 Å². The highest BCUT2D eigenvalue weighted by Crippen LogP contribution is 2.22. The summed E-state index contributed by atoms with van der Waals surface area (Å²) in [6.07, 6.45) is 1.59. The Hall–Kier alpha value is -1.06. The molecule has 0 saturated carbocycles. The average molecular weight is 296 g/mol. The maximum absolute atomic E-state index is 11.7. The summed E-state index contributed by atoms with van der Waals surface area (Å²) in [5, 5.41) is 0.768. The first kappa shape index (κ1) is 15.3. The average Bonchev–Trinajstić information content (AvgIpc) is 2.78. The second-order valence-corrected chi connectivity index (χ2v) is 6.20. The molecule has 0 bridgehead atoms. The van der Waals surface area contributed by atoms with E-state index in [0.29, 0.717) is 12.3 Å². The Kier molecular flexibility index (Phi) is 5.44. The maximum atomic E-state index is 11.7. The van der Waals surface area contributed by atoms with E-state index in [4.69, 9.17) is 16.3 Å². The van der Waals surface area contributed by atoms with Crippen LogP contribution in [0.4, 0.5) is 0 Å². The molecule has 1 aliphatic rings. The number of carbonyl (C=O) groups is 1. The lowest BCUT2D eigenvalue weighted by molar-refractivity contribution is -0.148. The van der Waals surface area contributed by atoms with Crippen LogP contribution in [0, 0.1) is 5.92 Å². The number of halogens is 1. The van der Waals surface area contributed by atoms with Crippen LogP contribution in [0.5, 0.6) is 0 Å². The Morgan fingerprint density at radius 2 is 2.10 bits per heavy atom. The Labute approximate surface area is 125 Å². The molecule has 1 aliphatic heterocycles. The molecule has 20 heavy (non-hydrogen) atoms. The summed E-state index contributed by atoms with van der Waals surface area (Å²) in [7, 11) is 0. The second kappa shape index (κ2) is 7.09. The summed E-state index contributed by atoms with van der Waals surface area (Å²) in [4.78, 5) is 14.0. The van der Waals surface area contributed by atoms with E-state index in [1.807, 2.05) is 26.0 Å². The molecule has 0 radical (unpaired) electrons. The SMILES string of the molecule is CC(C)OC(=O)CC1CCN(Cc2ccc(Cl)cc2)C1. The van der Waals surface area contributed by atoms with Crippen LogP contribution in [-0.4, -0.2) is 30.1 Å². The van der Waals surface area contributed by atoms with Crippen LogP contribution >= 0.6 is 11.6 Å². The minimum absolute atomic E-state index is 0.0194. The predicted molar refractivity (Wildman–Crippen MR) is 80.7 cm³/mol. The zero-order valence-corrected chi connectivity index (χ0v) is 12.9. The smallest absolute Gasteiger partial charge is 0.306 e. The minimum atomic E-state index is -0.0710. The third-order valence-corrected chi connectivity index (χ3v) is 3.76. The largest absolute Gasteiger partial charge is 0.463 e. The van der Waals surface area contributed by atoms with Gasteiger partial charge in [0.25, 0.3) is 0 Å². The van der Waals surface area contributed by atoms with Gasteiger partial charge in [-0.1, -0.05) is 23.7 Å². The molecule has 2 rings (SSSR count). The molecule has 1 saturated heterocycles. The van der Waals surface area contributed by atoms with Gasteiger partial charge in [0, 0.05) is 24.5 Å². The van der Waals surface area contributed by atoms with Crippen LogP contribution in [0.15, 0.2) is 24.3 Å². The van der Waals surface area contributed by atoms with Crippen LogP contribution in [0.2, 0.25) is 5.02 Å². The topological polar surface area (TPSA) is 29.5 Å². The van der Waals surface area contributed by atoms with Crippen molar-refractivity contribution in [2.24, 2.45) is 5.92 Å². The number of rotatable bonds is 5. The van der Waals surface area contributed by atoms with Crippen LogP contribution in [0.1, 0.15) is 32.3 Å². The first-order valence-corrected chi connectivity index (χ1v) is 7.57. The van der Waals surface area contributed by atoms with Crippen molar-refractivity contribution in [3.05, 3.63) is 34.9 Å². The second-order valence-electron chi connectivity index (χ2n) is 5.76. The normalized spacial score (nSPS) is 19.5. The van der Waals surface area contributed by atoms with E-state index in [2.05, 4.69) is 17.0 Å². The molecular formula is C16H22ClNO2. The molecular weight excluding hydrogens is 274 g/mol. The standard InChI is InChI=1S/C16H22ClNO2/c1-12(2)20-16(19)9-14-7-8-18(11-14)10-13-3-5-15(17)6-4-13/h3-6,12,14H,7-11H2,1-2H3. The fourth-order valence-corrected chi connectivity index (χ4v) is 2.74. The molecule has 1 aromatic rings. The molecule has 1 aromatic carbocycles. The predicted octanol–water partition coefficient (Wildman–Crippen LogP) is 3.50. The summed E-state index contributed by atoms with van der Waals surface area (Å²) in [5.74, 6) is 0.354. The van der Waals surface area contributed by atoms with Crippen LogP contribution < -0.4 is 0 Å². The highest BCUT2D eigenvalue weighted by Gasteiger charge is 2.25. The van der Waals surface area contributed by atoms with Crippen LogP contribution in [0.3, 0.4) is 0 Å². The number of ether oxygens (including phenoxy) is 1. The Morgan fingerprint density at radius 3 is 2.75 bits per heavy atom. The molecule has 0 amide bonds. The van der Waals surface area contributed by atoms with Crippen molar-refractivity contribution < 1.29 is 9.53 Å². The molecule has 3 nitrogen and oxygen atoms in total. The Balaban J connectivity index is 1.77. The molecule has 0 aliphatic carbocycles. The van der Waals surface area contributed by atoms with Crippen molar-refractivity contribution in [2.45, 2.75) is 39.3 Å².